The van der Waals surface area contributed by atoms with Crippen LogP contribution in [0.5, 0.6) is 5.75 Å². The van der Waals surface area contributed by atoms with Crippen molar-refractivity contribution in [3.8, 4) is 5.75 Å². The summed E-state index contributed by atoms with van der Waals surface area (Å²) in [6.07, 6.45) is 3.44. The number of aromatic nitrogens is 3. The van der Waals surface area contributed by atoms with Crippen molar-refractivity contribution in [3.05, 3.63) is 71.4 Å². The number of benzene rings is 1. The average Bonchev–Trinajstić information content (AvgIpc) is 3.05. The Hall–Kier alpha value is -2.86. The van der Waals surface area contributed by atoms with Crippen LogP contribution < -0.4 is 5.73 Å². The van der Waals surface area contributed by atoms with E-state index in [-0.39, 0.29) is 11.7 Å². The zero-order chi connectivity index (χ0) is 16.5. The third-order valence-corrected chi connectivity index (χ3v) is 4.50. The van der Waals surface area contributed by atoms with Gasteiger partial charge in [-0.05, 0) is 23.8 Å². The predicted octanol–water partition coefficient (Wildman–Crippen LogP) is 2.24. The van der Waals surface area contributed by atoms with Gasteiger partial charge in [-0.1, -0.05) is 18.2 Å². The molecule has 0 aliphatic carbocycles. The maximum absolute atomic E-state index is 9.81. The number of nitrogen functional groups attached to an aromatic ring is 1. The van der Waals surface area contributed by atoms with E-state index in [0.717, 1.165) is 42.1 Å². The highest BCUT2D eigenvalue weighted by Crippen LogP contribution is 2.33. The summed E-state index contributed by atoms with van der Waals surface area (Å²) < 4.78 is 0. The number of anilines is 1. The van der Waals surface area contributed by atoms with E-state index in [9.17, 15) is 5.11 Å². The molecule has 2 aromatic heterocycles. The van der Waals surface area contributed by atoms with E-state index in [1.807, 2.05) is 30.3 Å². The quantitative estimate of drug-likeness (QED) is 0.688. The number of hydrogen-bond donors (Lipinski definition) is 3. The molecule has 0 radical (unpaired) electrons. The van der Waals surface area contributed by atoms with Crippen molar-refractivity contribution in [1.82, 2.24) is 19.9 Å². The van der Waals surface area contributed by atoms with Gasteiger partial charge in [0.1, 0.15) is 11.6 Å². The lowest BCUT2D eigenvalue weighted by Gasteiger charge is -2.32. The molecule has 0 saturated heterocycles. The first kappa shape index (κ1) is 14.7. The molecule has 0 fully saturated rings. The number of phenols is 1. The van der Waals surface area contributed by atoms with Gasteiger partial charge in [0.05, 0.1) is 17.7 Å². The standard InChI is InChI=1S/C18H19N5O/c19-18-13(4-2-6-20-18)8-23-9-15(12-3-1-5-14(24)7-12)17-16(10-23)21-11-22-17/h1-7,11,15,24H,8-10H2,(H2,19,20)(H,21,22). The number of hydrogen-bond acceptors (Lipinski definition) is 5. The van der Waals surface area contributed by atoms with Crippen LogP contribution in [0.2, 0.25) is 0 Å². The number of rotatable bonds is 3. The molecule has 1 atom stereocenters. The molecule has 4 N–H and O–H groups in total. The van der Waals surface area contributed by atoms with Crippen LogP contribution in [0, 0.1) is 0 Å². The summed E-state index contributed by atoms with van der Waals surface area (Å²) in [6.45, 7) is 2.34. The van der Waals surface area contributed by atoms with E-state index in [0.29, 0.717) is 5.82 Å². The fraction of sp³-hybridized carbons (Fsp3) is 0.222. The highest BCUT2D eigenvalue weighted by atomic mass is 16.3. The van der Waals surface area contributed by atoms with Crippen molar-refractivity contribution in [1.29, 1.82) is 0 Å². The summed E-state index contributed by atoms with van der Waals surface area (Å²) in [4.78, 5) is 14.2. The van der Waals surface area contributed by atoms with Gasteiger partial charge in [-0.3, -0.25) is 4.90 Å². The smallest absolute Gasteiger partial charge is 0.127 e. The Morgan fingerprint density at radius 1 is 1.25 bits per heavy atom. The third-order valence-electron chi connectivity index (χ3n) is 4.50. The van der Waals surface area contributed by atoms with Crippen molar-refractivity contribution >= 4 is 5.82 Å². The number of pyridine rings is 1. The molecular weight excluding hydrogens is 302 g/mol. The molecule has 24 heavy (non-hydrogen) atoms. The number of phenolic OH excluding ortho intramolecular Hbond substituents is 1. The van der Waals surface area contributed by atoms with Gasteiger partial charge in [0.15, 0.2) is 0 Å². The molecule has 6 nitrogen and oxygen atoms in total. The van der Waals surface area contributed by atoms with Crippen LogP contribution in [0.3, 0.4) is 0 Å². The number of imidazole rings is 1. The van der Waals surface area contributed by atoms with Gasteiger partial charge in [0.2, 0.25) is 0 Å². The van der Waals surface area contributed by atoms with E-state index < -0.39 is 0 Å². The second kappa shape index (κ2) is 5.98. The van der Waals surface area contributed by atoms with Crippen LogP contribution in [0.15, 0.2) is 48.9 Å². The fourth-order valence-electron chi connectivity index (χ4n) is 3.34. The second-order valence-electron chi connectivity index (χ2n) is 6.13. The first-order valence-electron chi connectivity index (χ1n) is 7.93. The van der Waals surface area contributed by atoms with E-state index in [2.05, 4.69) is 19.9 Å². The number of nitrogens with one attached hydrogen (secondary N) is 1. The van der Waals surface area contributed by atoms with Gasteiger partial charge in [-0.25, -0.2) is 9.97 Å². The van der Waals surface area contributed by atoms with Crippen LogP contribution in [-0.4, -0.2) is 31.5 Å². The molecule has 1 unspecified atom stereocenters. The topological polar surface area (TPSA) is 91.1 Å². The van der Waals surface area contributed by atoms with Crippen molar-refractivity contribution in [2.75, 3.05) is 12.3 Å². The highest BCUT2D eigenvalue weighted by molar-refractivity contribution is 5.40. The number of aromatic hydroxyl groups is 1. The Kier molecular flexibility index (Phi) is 3.66. The van der Waals surface area contributed by atoms with Gasteiger partial charge in [-0.15, -0.1) is 0 Å². The van der Waals surface area contributed by atoms with Crippen molar-refractivity contribution in [2.45, 2.75) is 19.0 Å². The summed E-state index contributed by atoms with van der Waals surface area (Å²) in [7, 11) is 0. The summed E-state index contributed by atoms with van der Waals surface area (Å²) >= 11 is 0. The Morgan fingerprint density at radius 3 is 3.00 bits per heavy atom. The van der Waals surface area contributed by atoms with Crippen molar-refractivity contribution < 1.29 is 5.11 Å². The zero-order valence-corrected chi connectivity index (χ0v) is 13.2. The molecular formula is C18H19N5O. The molecule has 1 aliphatic rings. The van der Waals surface area contributed by atoms with Gasteiger partial charge < -0.3 is 15.8 Å². The molecule has 0 spiro atoms. The Balaban J connectivity index is 1.65. The van der Waals surface area contributed by atoms with Crippen molar-refractivity contribution in [2.24, 2.45) is 0 Å². The molecule has 6 heteroatoms. The average molecular weight is 321 g/mol. The van der Waals surface area contributed by atoms with Gasteiger partial charge in [-0.2, -0.15) is 0 Å². The van der Waals surface area contributed by atoms with E-state index in [4.69, 9.17) is 5.73 Å². The number of H-pyrrole nitrogens is 1. The molecule has 3 heterocycles. The molecule has 122 valence electrons. The van der Waals surface area contributed by atoms with E-state index in [1.54, 1.807) is 18.6 Å². The molecule has 4 rings (SSSR count). The minimum Gasteiger partial charge on any atom is -0.508 e. The molecule has 0 saturated carbocycles. The normalized spacial score (nSPS) is 17.6. The lowest BCUT2D eigenvalue weighted by atomic mass is 9.90. The molecule has 1 aliphatic heterocycles. The number of fused-ring (bicyclic) bond motifs is 1. The van der Waals surface area contributed by atoms with Gasteiger partial charge in [0.25, 0.3) is 0 Å². The molecule has 0 bridgehead atoms. The van der Waals surface area contributed by atoms with Crippen LogP contribution in [0.25, 0.3) is 0 Å². The summed E-state index contributed by atoms with van der Waals surface area (Å²) in [5, 5.41) is 9.81. The molecule has 1 aromatic carbocycles. The second-order valence-corrected chi connectivity index (χ2v) is 6.13. The lowest BCUT2D eigenvalue weighted by molar-refractivity contribution is 0.228. The number of nitrogens with two attached hydrogens (primary N) is 1. The fourth-order valence-corrected chi connectivity index (χ4v) is 3.34. The summed E-state index contributed by atoms with van der Waals surface area (Å²) in [5.41, 5.74) is 10.2. The largest absolute Gasteiger partial charge is 0.508 e. The number of nitrogens with zero attached hydrogens (tertiary/aromatic N) is 3. The van der Waals surface area contributed by atoms with E-state index >= 15 is 0 Å². The first-order chi connectivity index (χ1) is 11.7. The van der Waals surface area contributed by atoms with Crippen LogP contribution in [0.4, 0.5) is 5.82 Å². The van der Waals surface area contributed by atoms with Crippen LogP contribution in [0.1, 0.15) is 28.4 Å². The summed E-state index contributed by atoms with van der Waals surface area (Å²) in [5.74, 6) is 0.963. The first-order valence-corrected chi connectivity index (χ1v) is 7.93. The van der Waals surface area contributed by atoms with Crippen LogP contribution in [-0.2, 0) is 13.1 Å². The lowest BCUT2D eigenvalue weighted by Crippen LogP contribution is -2.34. The Bertz CT molecular complexity index is 860. The maximum Gasteiger partial charge on any atom is 0.127 e. The highest BCUT2D eigenvalue weighted by Gasteiger charge is 2.29. The molecule has 0 amide bonds. The SMILES string of the molecule is Nc1ncccc1CN1Cc2[nH]cnc2C(c2cccc(O)c2)C1. The van der Waals surface area contributed by atoms with Crippen molar-refractivity contribution in [3.63, 3.8) is 0 Å². The zero-order valence-electron chi connectivity index (χ0n) is 13.2. The van der Waals surface area contributed by atoms with Gasteiger partial charge in [0, 0.05) is 37.3 Å². The van der Waals surface area contributed by atoms with Gasteiger partial charge >= 0.3 is 0 Å². The Morgan fingerprint density at radius 2 is 2.17 bits per heavy atom. The summed E-state index contributed by atoms with van der Waals surface area (Å²) in [6, 6.07) is 11.3. The molecule has 3 aromatic rings. The number of aromatic amines is 1. The monoisotopic (exact) mass is 321 g/mol. The Labute approximate surface area is 140 Å². The minimum absolute atomic E-state index is 0.116. The third kappa shape index (κ3) is 2.72. The predicted molar refractivity (Wildman–Crippen MR) is 91.3 cm³/mol. The van der Waals surface area contributed by atoms with E-state index in [1.165, 1.54) is 0 Å². The minimum atomic E-state index is 0.116. The maximum atomic E-state index is 9.81. The van der Waals surface area contributed by atoms with Crippen LogP contribution >= 0.6 is 0 Å².